The van der Waals surface area contributed by atoms with E-state index in [0.717, 1.165) is 0 Å². The molecule has 0 heterocycles. The summed E-state index contributed by atoms with van der Waals surface area (Å²) in [6.45, 7) is 0. The molecular formula is C9H13NO4. The van der Waals surface area contributed by atoms with Gasteiger partial charge in [-0.15, -0.1) is 0 Å². The van der Waals surface area contributed by atoms with E-state index in [2.05, 4.69) is 0 Å². The monoisotopic (exact) mass is 199 g/mol. The summed E-state index contributed by atoms with van der Waals surface area (Å²) >= 11 is 0. The summed E-state index contributed by atoms with van der Waals surface area (Å²) in [6, 6.07) is -1.10. The van der Waals surface area contributed by atoms with E-state index in [1.807, 2.05) is 0 Å². The molecule has 0 saturated heterocycles. The number of carboxylic acid groups (broad SMARTS) is 1. The number of hydrogen-bond acceptors (Lipinski definition) is 4. The Morgan fingerprint density at radius 1 is 1.71 bits per heavy atom. The van der Waals surface area contributed by atoms with Crippen LogP contribution in [0.25, 0.3) is 0 Å². The Bertz CT molecular complexity index is 297. The Labute approximate surface area is 81.2 Å². The van der Waals surface area contributed by atoms with Gasteiger partial charge in [-0.05, 0) is 18.2 Å². The molecule has 0 aromatic rings. The van der Waals surface area contributed by atoms with Crippen LogP contribution in [-0.4, -0.2) is 32.9 Å². The van der Waals surface area contributed by atoms with E-state index < -0.39 is 17.6 Å². The highest BCUT2D eigenvalue weighted by Crippen LogP contribution is 2.24. The Kier molecular flexibility index (Phi) is 2.93. The zero-order chi connectivity index (χ0) is 10.8. The fraction of sp³-hybridized carbons (Fsp3) is 0.444. The minimum Gasteiger partial charge on any atom is -0.508 e. The van der Waals surface area contributed by atoms with Crippen molar-refractivity contribution in [1.82, 2.24) is 0 Å². The van der Waals surface area contributed by atoms with Crippen molar-refractivity contribution in [2.24, 2.45) is 5.73 Å². The van der Waals surface area contributed by atoms with Crippen LogP contribution >= 0.6 is 0 Å². The van der Waals surface area contributed by atoms with Gasteiger partial charge in [0.1, 0.15) is 11.8 Å². The van der Waals surface area contributed by atoms with E-state index in [1.165, 1.54) is 18.2 Å². The zero-order valence-electron chi connectivity index (χ0n) is 7.55. The van der Waals surface area contributed by atoms with Crippen LogP contribution in [0.2, 0.25) is 0 Å². The molecule has 1 aliphatic carbocycles. The molecule has 78 valence electrons. The lowest BCUT2D eigenvalue weighted by Gasteiger charge is -2.27. The maximum absolute atomic E-state index is 10.5. The second-order valence-electron chi connectivity index (χ2n) is 3.42. The Balaban J connectivity index is 2.61. The molecule has 0 amide bonds. The number of allylic oxidation sites excluding steroid dienone is 1. The molecule has 0 radical (unpaired) electrons. The normalized spacial score (nSPS) is 28.3. The molecule has 2 atom stereocenters. The zero-order valence-corrected chi connectivity index (χ0v) is 7.55. The van der Waals surface area contributed by atoms with Crippen LogP contribution in [0.4, 0.5) is 0 Å². The quantitative estimate of drug-likeness (QED) is 0.509. The lowest BCUT2D eigenvalue weighted by molar-refractivity contribution is -0.139. The first-order chi connectivity index (χ1) is 6.43. The lowest BCUT2D eigenvalue weighted by atomic mass is 9.88. The van der Waals surface area contributed by atoms with Gasteiger partial charge in [-0.3, -0.25) is 4.79 Å². The molecule has 0 aliphatic heterocycles. The summed E-state index contributed by atoms with van der Waals surface area (Å²) < 4.78 is 0. The predicted molar refractivity (Wildman–Crippen MR) is 49.6 cm³/mol. The number of hydrogen-bond donors (Lipinski definition) is 4. The van der Waals surface area contributed by atoms with E-state index in [9.17, 15) is 9.90 Å². The van der Waals surface area contributed by atoms with Gasteiger partial charge in [0.2, 0.25) is 0 Å². The molecule has 1 unspecified atom stereocenters. The van der Waals surface area contributed by atoms with Gasteiger partial charge in [0, 0.05) is 12.8 Å². The van der Waals surface area contributed by atoms with Crippen LogP contribution < -0.4 is 5.73 Å². The molecule has 0 aromatic heterocycles. The van der Waals surface area contributed by atoms with E-state index in [0.29, 0.717) is 0 Å². The first kappa shape index (κ1) is 10.7. The fourth-order valence-corrected chi connectivity index (χ4v) is 1.28. The highest BCUT2D eigenvalue weighted by Gasteiger charge is 2.30. The third kappa shape index (κ3) is 2.58. The summed E-state index contributed by atoms with van der Waals surface area (Å²) in [7, 11) is 0. The fourth-order valence-electron chi connectivity index (χ4n) is 1.28. The van der Waals surface area contributed by atoms with Gasteiger partial charge < -0.3 is 21.1 Å². The standard InChI is InChI=1S/C9H13NO4/c10-7(8(12)13)5-9(14)3-1-6(11)2-4-9/h1-3,7,11,14H,4-5,10H2,(H,12,13)/t7-,9?/m0/s1. The van der Waals surface area contributed by atoms with Crippen LogP contribution in [-0.2, 0) is 4.79 Å². The van der Waals surface area contributed by atoms with Crippen LogP contribution in [0.15, 0.2) is 24.0 Å². The number of carbonyl (C=O) groups is 1. The SMILES string of the molecule is N[C@@H](CC1(O)C=CC(O)=CC1)C(=O)O. The molecule has 5 nitrogen and oxygen atoms in total. The lowest BCUT2D eigenvalue weighted by Crippen LogP contribution is -2.40. The molecule has 1 aliphatic rings. The van der Waals surface area contributed by atoms with Gasteiger partial charge in [0.15, 0.2) is 0 Å². The highest BCUT2D eigenvalue weighted by molar-refractivity contribution is 5.73. The smallest absolute Gasteiger partial charge is 0.320 e. The van der Waals surface area contributed by atoms with Gasteiger partial charge in [-0.25, -0.2) is 0 Å². The van der Waals surface area contributed by atoms with Crippen LogP contribution in [0.1, 0.15) is 12.8 Å². The molecular weight excluding hydrogens is 186 g/mol. The molecule has 0 bridgehead atoms. The van der Waals surface area contributed by atoms with E-state index in [-0.39, 0.29) is 18.6 Å². The van der Waals surface area contributed by atoms with Crippen molar-refractivity contribution in [3.05, 3.63) is 24.0 Å². The van der Waals surface area contributed by atoms with Crippen molar-refractivity contribution in [2.45, 2.75) is 24.5 Å². The van der Waals surface area contributed by atoms with Crippen LogP contribution in [0.3, 0.4) is 0 Å². The largest absolute Gasteiger partial charge is 0.508 e. The number of rotatable bonds is 3. The summed E-state index contributed by atoms with van der Waals surface area (Å²) in [5.74, 6) is -1.08. The van der Waals surface area contributed by atoms with Crippen molar-refractivity contribution in [1.29, 1.82) is 0 Å². The molecule has 0 saturated carbocycles. The number of aliphatic hydroxyl groups is 2. The Morgan fingerprint density at radius 2 is 2.36 bits per heavy atom. The minimum atomic E-state index is -1.26. The third-order valence-corrected chi connectivity index (χ3v) is 2.12. The van der Waals surface area contributed by atoms with Crippen molar-refractivity contribution < 1.29 is 20.1 Å². The molecule has 0 aromatic carbocycles. The van der Waals surface area contributed by atoms with Gasteiger partial charge in [0.25, 0.3) is 0 Å². The molecule has 0 fully saturated rings. The molecule has 5 N–H and O–H groups in total. The number of aliphatic carboxylic acids is 1. The molecule has 1 rings (SSSR count). The minimum absolute atomic E-state index is 0.0669. The first-order valence-electron chi connectivity index (χ1n) is 4.22. The summed E-state index contributed by atoms with van der Waals surface area (Å²) in [5.41, 5.74) is 4.03. The van der Waals surface area contributed by atoms with Gasteiger partial charge >= 0.3 is 5.97 Å². The highest BCUT2D eigenvalue weighted by atomic mass is 16.4. The van der Waals surface area contributed by atoms with Crippen molar-refractivity contribution >= 4 is 5.97 Å². The van der Waals surface area contributed by atoms with Gasteiger partial charge in [-0.1, -0.05) is 0 Å². The third-order valence-electron chi connectivity index (χ3n) is 2.12. The number of carboxylic acids is 1. The Morgan fingerprint density at radius 3 is 2.79 bits per heavy atom. The van der Waals surface area contributed by atoms with Crippen LogP contribution in [0.5, 0.6) is 0 Å². The molecule has 14 heavy (non-hydrogen) atoms. The average molecular weight is 199 g/mol. The van der Waals surface area contributed by atoms with Crippen molar-refractivity contribution in [2.75, 3.05) is 0 Å². The summed E-state index contributed by atoms with van der Waals surface area (Å²) in [4.78, 5) is 10.5. The predicted octanol–water partition coefficient (Wildman–Crippen LogP) is -0.0787. The number of nitrogens with two attached hydrogens (primary N) is 1. The van der Waals surface area contributed by atoms with Gasteiger partial charge in [0.05, 0.1) is 5.60 Å². The topological polar surface area (TPSA) is 104 Å². The average Bonchev–Trinajstić information content (AvgIpc) is 2.10. The van der Waals surface area contributed by atoms with E-state index in [4.69, 9.17) is 15.9 Å². The van der Waals surface area contributed by atoms with Crippen molar-refractivity contribution in [3.8, 4) is 0 Å². The maximum atomic E-state index is 10.5. The molecule has 5 heteroatoms. The maximum Gasteiger partial charge on any atom is 0.320 e. The summed E-state index contributed by atoms with van der Waals surface area (Å²) in [5, 5.41) is 27.4. The second kappa shape index (κ2) is 3.81. The van der Waals surface area contributed by atoms with E-state index in [1.54, 1.807) is 0 Å². The molecule has 0 spiro atoms. The van der Waals surface area contributed by atoms with Crippen molar-refractivity contribution in [3.63, 3.8) is 0 Å². The number of aliphatic hydroxyl groups excluding tert-OH is 1. The van der Waals surface area contributed by atoms with E-state index >= 15 is 0 Å². The first-order valence-corrected chi connectivity index (χ1v) is 4.22. The summed E-state index contributed by atoms with van der Waals surface area (Å²) in [6.07, 6.45) is 4.23. The van der Waals surface area contributed by atoms with Crippen LogP contribution in [0, 0.1) is 0 Å². The van der Waals surface area contributed by atoms with Gasteiger partial charge in [-0.2, -0.15) is 0 Å². The second-order valence-corrected chi connectivity index (χ2v) is 3.42. The Hall–Kier alpha value is -1.33.